The van der Waals surface area contributed by atoms with Gasteiger partial charge in [-0.2, -0.15) is 0 Å². The predicted octanol–water partition coefficient (Wildman–Crippen LogP) is -4.48. The molecule has 3 atom stereocenters. The average molecular weight is 371 g/mol. The highest BCUT2D eigenvalue weighted by Gasteiger charge is 2.28. The number of guanidine groups is 1. The number of rotatable bonds is 11. The van der Waals surface area contributed by atoms with Crippen molar-refractivity contribution in [2.24, 2.45) is 11.5 Å². The van der Waals surface area contributed by atoms with E-state index in [0.29, 0.717) is 25.7 Å². The molecule has 0 aromatic carbocycles. The first-order valence-electron chi connectivity index (χ1n) is 8.46. The van der Waals surface area contributed by atoms with E-state index < -0.39 is 30.4 Å². The number of carbonyl (C=O) groups excluding carboxylic acids is 3. The summed E-state index contributed by atoms with van der Waals surface area (Å²) >= 11 is 0. The normalized spacial score (nSPS) is 18.4. The van der Waals surface area contributed by atoms with Gasteiger partial charge in [-0.15, -0.1) is 0 Å². The molecule has 0 saturated carbocycles. The fourth-order valence-electron chi connectivity index (χ4n) is 2.59. The van der Waals surface area contributed by atoms with E-state index in [0.717, 1.165) is 13.0 Å². The van der Waals surface area contributed by atoms with Gasteiger partial charge in [0.15, 0.2) is 0 Å². The Labute approximate surface area is 151 Å². The van der Waals surface area contributed by atoms with Crippen molar-refractivity contribution >= 4 is 30.0 Å². The first-order chi connectivity index (χ1) is 12.3. The van der Waals surface area contributed by atoms with Gasteiger partial charge < -0.3 is 25.9 Å². The second-order valence-corrected chi connectivity index (χ2v) is 6.08. The lowest BCUT2D eigenvalue weighted by Gasteiger charge is -2.21. The summed E-state index contributed by atoms with van der Waals surface area (Å²) in [6.45, 7) is 1.13. The van der Waals surface area contributed by atoms with E-state index >= 15 is 0 Å². The molecule has 26 heavy (non-hydrogen) atoms. The molecule has 1 fully saturated rings. The number of carbonyl (C=O) groups is 4. The number of carboxylic acid groups (broad SMARTS) is 1. The molecular weight excluding hydrogens is 344 g/mol. The lowest BCUT2D eigenvalue weighted by Crippen LogP contribution is -2.78. The fourth-order valence-corrected chi connectivity index (χ4v) is 2.59. The summed E-state index contributed by atoms with van der Waals surface area (Å²) in [7, 11) is 0. The number of nitrogens with two attached hydrogens (primary N) is 2. The number of hydrogen-bond donors (Lipinski definition) is 7. The van der Waals surface area contributed by atoms with Crippen LogP contribution in [0.15, 0.2) is 0 Å². The summed E-state index contributed by atoms with van der Waals surface area (Å²) in [5, 5.41) is 16.8. The van der Waals surface area contributed by atoms with Crippen molar-refractivity contribution < 1.29 is 29.3 Å². The summed E-state index contributed by atoms with van der Waals surface area (Å²) < 4.78 is 0. The first-order valence-corrected chi connectivity index (χ1v) is 8.46. The molecule has 146 valence electrons. The third-order valence-corrected chi connectivity index (χ3v) is 3.89. The Morgan fingerprint density at radius 2 is 2.04 bits per heavy atom. The SMILES string of the molecule is NC(N)=[NH+]CCC[C@H](NC(=O)[C@@H]1CCCN1)C(=O)N[C@H](C=O)CC(=O)O. The van der Waals surface area contributed by atoms with Crippen LogP contribution in [-0.2, 0) is 19.2 Å². The van der Waals surface area contributed by atoms with Gasteiger partial charge in [-0.25, -0.2) is 0 Å². The topological polar surface area (TPSA) is 191 Å². The maximum absolute atomic E-state index is 12.4. The summed E-state index contributed by atoms with van der Waals surface area (Å²) in [5.74, 6) is -2.08. The standard InChI is InChI=1S/C15H26N6O5/c16-15(17)19-6-2-4-11(21-13(25)10-3-1-5-18-10)14(26)20-9(8-22)7-12(23)24/h8-11,18H,1-7H2,(H,20,26)(H,21,25)(H,23,24)(H4,16,17,19)/p+1/t9-,10-,11-/m0/s1. The Balaban J connectivity index is 2.68. The maximum atomic E-state index is 12.4. The molecule has 0 aliphatic carbocycles. The van der Waals surface area contributed by atoms with Crippen molar-refractivity contribution in [2.45, 2.75) is 50.2 Å². The van der Waals surface area contributed by atoms with Crippen molar-refractivity contribution in [1.29, 1.82) is 0 Å². The van der Waals surface area contributed by atoms with Crippen LogP contribution in [0.25, 0.3) is 0 Å². The smallest absolute Gasteiger partial charge is 0.338 e. The van der Waals surface area contributed by atoms with Gasteiger partial charge in [0, 0.05) is 0 Å². The third kappa shape index (κ3) is 7.92. The zero-order valence-corrected chi connectivity index (χ0v) is 14.5. The van der Waals surface area contributed by atoms with Crippen molar-refractivity contribution in [3.63, 3.8) is 0 Å². The molecule has 0 spiro atoms. The molecule has 0 bridgehead atoms. The minimum atomic E-state index is -1.21. The number of amides is 2. The van der Waals surface area contributed by atoms with Crippen molar-refractivity contribution in [3.05, 3.63) is 0 Å². The van der Waals surface area contributed by atoms with Gasteiger partial charge in [-0.3, -0.25) is 30.8 Å². The lowest BCUT2D eigenvalue weighted by atomic mass is 10.1. The Morgan fingerprint density at radius 3 is 2.58 bits per heavy atom. The molecular formula is C15H27N6O5+. The van der Waals surface area contributed by atoms with E-state index in [2.05, 4.69) is 20.9 Å². The second kappa shape index (κ2) is 11.0. The molecule has 0 aromatic rings. The highest BCUT2D eigenvalue weighted by Crippen LogP contribution is 2.06. The van der Waals surface area contributed by atoms with Gasteiger partial charge in [0.2, 0.25) is 11.8 Å². The van der Waals surface area contributed by atoms with Crippen molar-refractivity contribution in [3.8, 4) is 0 Å². The molecule has 1 saturated heterocycles. The number of aldehydes is 1. The van der Waals surface area contributed by atoms with Crippen LogP contribution in [0.3, 0.4) is 0 Å². The molecule has 0 unspecified atom stereocenters. The summed E-state index contributed by atoms with van der Waals surface area (Å²) in [4.78, 5) is 49.0. The Bertz CT molecular complexity index is 543. The molecule has 11 heteroatoms. The van der Waals surface area contributed by atoms with Gasteiger partial charge >= 0.3 is 11.9 Å². The predicted molar refractivity (Wildman–Crippen MR) is 91.6 cm³/mol. The van der Waals surface area contributed by atoms with Crippen LogP contribution in [0.1, 0.15) is 32.1 Å². The highest BCUT2D eigenvalue weighted by atomic mass is 16.4. The number of carboxylic acids is 1. The van der Waals surface area contributed by atoms with Crippen LogP contribution in [0.2, 0.25) is 0 Å². The van der Waals surface area contributed by atoms with E-state index in [4.69, 9.17) is 16.6 Å². The second-order valence-electron chi connectivity index (χ2n) is 6.08. The van der Waals surface area contributed by atoms with Gasteiger partial charge in [0.05, 0.1) is 25.0 Å². The Kier molecular flexibility index (Phi) is 9.06. The summed E-state index contributed by atoms with van der Waals surface area (Å²) in [6.07, 6.45) is 2.12. The van der Waals surface area contributed by atoms with Crippen LogP contribution < -0.4 is 32.4 Å². The molecule has 0 aromatic heterocycles. The molecule has 9 N–H and O–H groups in total. The summed E-state index contributed by atoms with van der Waals surface area (Å²) in [6, 6.07) is -2.42. The number of hydrogen-bond acceptors (Lipinski definition) is 5. The molecule has 1 aliphatic heterocycles. The molecule has 1 aliphatic rings. The molecule has 1 heterocycles. The minimum absolute atomic E-state index is 0.0488. The molecule has 0 radical (unpaired) electrons. The Hall–Kier alpha value is -2.69. The van der Waals surface area contributed by atoms with E-state index in [1.807, 2.05) is 0 Å². The van der Waals surface area contributed by atoms with Crippen molar-refractivity contribution in [1.82, 2.24) is 16.0 Å². The van der Waals surface area contributed by atoms with Crippen LogP contribution in [0.4, 0.5) is 0 Å². The minimum Gasteiger partial charge on any atom is -0.481 e. The first kappa shape index (κ1) is 21.4. The average Bonchev–Trinajstić information content (AvgIpc) is 3.10. The zero-order chi connectivity index (χ0) is 19.5. The van der Waals surface area contributed by atoms with E-state index in [9.17, 15) is 19.2 Å². The van der Waals surface area contributed by atoms with Gasteiger partial charge in [-0.1, -0.05) is 0 Å². The number of nitrogens with one attached hydrogen (secondary N) is 4. The maximum Gasteiger partial charge on any atom is 0.338 e. The molecule has 1 rings (SSSR count). The van der Waals surface area contributed by atoms with E-state index in [-0.39, 0.29) is 24.3 Å². The van der Waals surface area contributed by atoms with Gasteiger partial charge in [-0.05, 0) is 32.2 Å². The van der Waals surface area contributed by atoms with Crippen molar-refractivity contribution in [2.75, 3.05) is 13.1 Å². The lowest BCUT2D eigenvalue weighted by molar-refractivity contribution is -0.459. The zero-order valence-electron chi connectivity index (χ0n) is 14.5. The van der Waals surface area contributed by atoms with E-state index in [1.165, 1.54) is 0 Å². The van der Waals surface area contributed by atoms with E-state index in [1.54, 1.807) is 0 Å². The number of aliphatic carboxylic acids is 1. The van der Waals surface area contributed by atoms with Crippen LogP contribution in [0, 0.1) is 0 Å². The highest BCUT2D eigenvalue weighted by molar-refractivity contribution is 5.91. The molecule has 11 nitrogen and oxygen atoms in total. The Morgan fingerprint density at radius 1 is 1.31 bits per heavy atom. The van der Waals surface area contributed by atoms with Gasteiger partial charge in [0.25, 0.3) is 0 Å². The largest absolute Gasteiger partial charge is 0.481 e. The van der Waals surface area contributed by atoms with Gasteiger partial charge in [0.1, 0.15) is 12.3 Å². The third-order valence-electron chi connectivity index (χ3n) is 3.89. The quantitative estimate of drug-likeness (QED) is 0.0818. The van der Waals surface area contributed by atoms with Crippen LogP contribution in [0.5, 0.6) is 0 Å². The van der Waals surface area contributed by atoms with Crippen LogP contribution in [-0.4, -0.2) is 66.4 Å². The summed E-state index contributed by atoms with van der Waals surface area (Å²) in [5.41, 5.74) is 10.6. The molecule has 2 amide bonds. The fraction of sp³-hybridized carbons (Fsp3) is 0.667. The monoisotopic (exact) mass is 371 g/mol. The van der Waals surface area contributed by atoms with Crippen LogP contribution >= 0.6 is 0 Å².